The average Bonchev–Trinajstić information content (AvgIpc) is 2.42. The summed E-state index contributed by atoms with van der Waals surface area (Å²) < 4.78 is 0. The smallest absolute Gasteiger partial charge is 0.253 e. The van der Waals surface area contributed by atoms with Gasteiger partial charge in [0.05, 0.1) is 11.6 Å². The van der Waals surface area contributed by atoms with Gasteiger partial charge < -0.3 is 10.6 Å². The van der Waals surface area contributed by atoms with Crippen molar-refractivity contribution in [2.75, 3.05) is 10.6 Å². The molecule has 0 aliphatic heterocycles. The third-order valence-corrected chi connectivity index (χ3v) is 2.69. The summed E-state index contributed by atoms with van der Waals surface area (Å²) in [5, 5.41) is 14.7. The first kappa shape index (κ1) is 13.8. The molecule has 5 heteroatoms. The minimum absolute atomic E-state index is 0.273. The van der Waals surface area contributed by atoms with E-state index in [0.29, 0.717) is 16.9 Å². The molecule has 0 bridgehead atoms. The molecule has 0 amide bonds. The van der Waals surface area contributed by atoms with E-state index in [1.54, 1.807) is 24.3 Å². The van der Waals surface area contributed by atoms with Crippen molar-refractivity contribution in [3.8, 4) is 6.07 Å². The fourth-order valence-corrected chi connectivity index (χ4v) is 1.78. The average molecular weight is 269 g/mol. The van der Waals surface area contributed by atoms with Crippen LogP contribution in [-0.2, 0) is 0 Å². The van der Waals surface area contributed by atoms with Gasteiger partial charge in [-0.05, 0) is 45.0 Å². The number of anilines is 3. The van der Waals surface area contributed by atoms with Gasteiger partial charge >= 0.3 is 0 Å². The molecule has 0 heterocycles. The predicted molar refractivity (Wildman–Crippen MR) is 79.2 cm³/mol. The Morgan fingerprint density at radius 3 is 2.05 bits per heavy atom. The summed E-state index contributed by atoms with van der Waals surface area (Å²) in [6.07, 6.45) is 0. The first-order valence-electron chi connectivity index (χ1n) is 6.20. The molecule has 5 nitrogen and oxygen atoms in total. The van der Waals surface area contributed by atoms with Crippen molar-refractivity contribution in [1.82, 2.24) is 0 Å². The Balaban J connectivity index is 2.26. The topological polar surface area (TPSA) is 82.0 Å². The fourth-order valence-electron chi connectivity index (χ4n) is 1.78. The molecule has 2 aromatic rings. The molecule has 0 fully saturated rings. The van der Waals surface area contributed by atoms with Gasteiger partial charge in [0.25, 0.3) is 10.9 Å². The third-order valence-electron chi connectivity index (χ3n) is 2.69. The molecule has 0 atom stereocenters. The van der Waals surface area contributed by atoms with Crippen LogP contribution in [0.1, 0.15) is 26.3 Å². The van der Waals surface area contributed by atoms with Crippen LogP contribution in [0.3, 0.4) is 0 Å². The van der Waals surface area contributed by atoms with Gasteiger partial charge in [-0.3, -0.25) is 9.59 Å². The molecule has 2 N–H and O–H groups in total. The number of nitrogens with one attached hydrogen (secondary N) is 2. The van der Waals surface area contributed by atoms with Crippen LogP contribution in [0.15, 0.2) is 33.9 Å². The lowest BCUT2D eigenvalue weighted by molar-refractivity contribution is 0.632. The van der Waals surface area contributed by atoms with Crippen molar-refractivity contribution in [1.29, 1.82) is 5.26 Å². The predicted octanol–water partition coefficient (Wildman–Crippen LogP) is 2.11. The van der Waals surface area contributed by atoms with E-state index in [0.717, 1.165) is 0 Å². The Labute approximate surface area is 116 Å². The van der Waals surface area contributed by atoms with E-state index in [9.17, 15) is 9.59 Å². The quantitative estimate of drug-likeness (QED) is 0.834. The van der Waals surface area contributed by atoms with Crippen LogP contribution in [0.2, 0.25) is 0 Å². The zero-order chi connectivity index (χ0) is 14.9. The van der Waals surface area contributed by atoms with Crippen LogP contribution >= 0.6 is 0 Å². The van der Waals surface area contributed by atoms with E-state index in [1.807, 2.05) is 26.8 Å². The highest BCUT2D eigenvalue weighted by atomic mass is 16.2. The standard InChI is InChI=1S/C15H15N3O2/c1-15(2,3)18-12-11(13(19)14(12)20)17-10-6-4-9(8-16)5-7-10/h4-7,17-18H,1-3H3. The van der Waals surface area contributed by atoms with Crippen molar-refractivity contribution >= 4 is 17.1 Å². The Morgan fingerprint density at radius 2 is 1.55 bits per heavy atom. The lowest BCUT2D eigenvalue weighted by Crippen LogP contribution is -2.41. The molecule has 2 aromatic carbocycles. The maximum Gasteiger partial charge on any atom is 0.253 e. The first-order valence-corrected chi connectivity index (χ1v) is 6.20. The van der Waals surface area contributed by atoms with Gasteiger partial charge in [0.1, 0.15) is 11.4 Å². The molecule has 0 spiro atoms. The lowest BCUT2D eigenvalue weighted by atomic mass is 10.1. The molecule has 0 saturated carbocycles. The second-order valence-corrected chi connectivity index (χ2v) is 5.60. The van der Waals surface area contributed by atoms with Crippen LogP contribution in [0.5, 0.6) is 0 Å². The molecule has 0 unspecified atom stereocenters. The molecule has 2 rings (SSSR count). The van der Waals surface area contributed by atoms with Crippen LogP contribution in [0, 0.1) is 11.3 Å². The lowest BCUT2D eigenvalue weighted by Gasteiger charge is -2.24. The number of rotatable bonds is 3. The van der Waals surface area contributed by atoms with Crippen molar-refractivity contribution in [2.45, 2.75) is 26.3 Å². The molecule has 0 aliphatic carbocycles. The van der Waals surface area contributed by atoms with Gasteiger partial charge in [-0.2, -0.15) is 5.26 Å². The van der Waals surface area contributed by atoms with Crippen LogP contribution in [0.4, 0.5) is 17.1 Å². The minimum Gasteiger partial charge on any atom is -0.375 e. The summed E-state index contributed by atoms with van der Waals surface area (Å²) in [4.78, 5) is 23.2. The molecular weight excluding hydrogens is 254 g/mol. The van der Waals surface area contributed by atoms with E-state index < -0.39 is 10.9 Å². The molecule has 102 valence electrons. The second-order valence-electron chi connectivity index (χ2n) is 5.60. The van der Waals surface area contributed by atoms with E-state index in [2.05, 4.69) is 10.6 Å². The van der Waals surface area contributed by atoms with E-state index in [-0.39, 0.29) is 11.2 Å². The third kappa shape index (κ3) is 2.69. The number of nitriles is 1. The van der Waals surface area contributed by atoms with Gasteiger partial charge in [-0.15, -0.1) is 0 Å². The van der Waals surface area contributed by atoms with Gasteiger partial charge in [-0.25, -0.2) is 0 Å². The Kier molecular flexibility index (Phi) is 3.33. The van der Waals surface area contributed by atoms with Gasteiger partial charge in [0.2, 0.25) is 0 Å². The molecule has 0 radical (unpaired) electrons. The van der Waals surface area contributed by atoms with Crippen molar-refractivity contribution in [3.05, 3.63) is 50.3 Å². The van der Waals surface area contributed by atoms with Crippen molar-refractivity contribution < 1.29 is 0 Å². The molecule has 0 aliphatic rings. The second kappa shape index (κ2) is 4.82. The SMILES string of the molecule is CC(C)(C)Nc1c(Nc2ccc(C#N)cc2)c(=O)c1=O. The molecule has 0 aromatic heterocycles. The minimum atomic E-state index is -0.527. The van der Waals surface area contributed by atoms with Gasteiger partial charge in [0, 0.05) is 11.2 Å². The highest BCUT2D eigenvalue weighted by Gasteiger charge is 2.24. The zero-order valence-electron chi connectivity index (χ0n) is 11.6. The number of nitrogens with zero attached hydrogens (tertiary/aromatic N) is 1. The normalized spacial score (nSPS) is 11.1. The van der Waals surface area contributed by atoms with Crippen LogP contribution < -0.4 is 21.5 Å². The van der Waals surface area contributed by atoms with Crippen LogP contribution in [0.25, 0.3) is 0 Å². The van der Waals surface area contributed by atoms with Crippen LogP contribution in [-0.4, -0.2) is 5.54 Å². The maximum absolute atomic E-state index is 11.6. The highest BCUT2D eigenvalue weighted by molar-refractivity contribution is 5.79. The summed E-state index contributed by atoms with van der Waals surface area (Å²) in [5.74, 6) is 0. The van der Waals surface area contributed by atoms with E-state index in [4.69, 9.17) is 5.26 Å². The van der Waals surface area contributed by atoms with Crippen molar-refractivity contribution in [2.24, 2.45) is 0 Å². The zero-order valence-corrected chi connectivity index (χ0v) is 11.6. The summed E-state index contributed by atoms with van der Waals surface area (Å²) in [5.41, 5.74) is 0.448. The number of hydrogen-bond acceptors (Lipinski definition) is 5. The van der Waals surface area contributed by atoms with Crippen molar-refractivity contribution in [3.63, 3.8) is 0 Å². The first-order chi connectivity index (χ1) is 9.31. The summed E-state index contributed by atoms with van der Waals surface area (Å²) >= 11 is 0. The summed E-state index contributed by atoms with van der Waals surface area (Å²) in [6.45, 7) is 5.74. The summed E-state index contributed by atoms with van der Waals surface area (Å²) in [6, 6.07) is 8.69. The van der Waals surface area contributed by atoms with Gasteiger partial charge in [0.15, 0.2) is 0 Å². The fraction of sp³-hybridized carbons (Fsp3) is 0.267. The monoisotopic (exact) mass is 269 g/mol. The number of hydrogen-bond donors (Lipinski definition) is 2. The molecular formula is C15H15N3O2. The number of benzene rings is 1. The Hall–Kier alpha value is -2.61. The largest absolute Gasteiger partial charge is 0.375 e. The van der Waals surface area contributed by atoms with Gasteiger partial charge in [-0.1, -0.05) is 0 Å². The summed E-state index contributed by atoms with van der Waals surface area (Å²) in [7, 11) is 0. The van der Waals surface area contributed by atoms with E-state index >= 15 is 0 Å². The molecule has 0 saturated heterocycles. The highest BCUT2D eigenvalue weighted by Crippen LogP contribution is 2.23. The van der Waals surface area contributed by atoms with E-state index in [1.165, 1.54) is 0 Å². The Bertz CT molecular complexity index is 739. The Morgan fingerprint density at radius 1 is 1.00 bits per heavy atom. The molecule has 20 heavy (non-hydrogen) atoms. The maximum atomic E-state index is 11.6.